The largest absolute Gasteiger partial charge is 0.465 e. The summed E-state index contributed by atoms with van der Waals surface area (Å²) in [6, 6.07) is 18.1. The molecule has 0 aromatic heterocycles. The molecule has 1 aliphatic rings. The number of carbonyl (C=O) groups is 5. The third kappa shape index (κ3) is 5.25. The Hall–Kier alpha value is -4.96. The number of nitrogens with one attached hydrogen (secondary N) is 2. The quantitative estimate of drug-likeness (QED) is 0.345. The first-order chi connectivity index (χ1) is 18.2. The third-order valence-corrected chi connectivity index (χ3v) is 5.90. The highest BCUT2D eigenvalue weighted by atomic mass is 35.5. The summed E-state index contributed by atoms with van der Waals surface area (Å²) in [6.45, 7) is 0. The van der Waals surface area contributed by atoms with Crippen LogP contribution in [0.3, 0.4) is 0 Å². The average Bonchev–Trinajstić information content (AvgIpc) is 3.15. The second kappa shape index (κ2) is 11.0. The van der Waals surface area contributed by atoms with E-state index in [1.807, 2.05) is 0 Å². The lowest BCUT2D eigenvalue weighted by atomic mass is 10.1. The van der Waals surface area contributed by atoms with Crippen molar-refractivity contribution in [1.82, 2.24) is 0 Å². The molecule has 1 heterocycles. The van der Waals surface area contributed by atoms with Gasteiger partial charge in [0.1, 0.15) is 10.7 Å². The number of hydrogen-bond acceptors (Lipinski definition) is 8. The molecule has 38 heavy (non-hydrogen) atoms. The molecule has 11 heteroatoms. The number of nitrogens with zero attached hydrogens (tertiary/aromatic N) is 1. The van der Waals surface area contributed by atoms with Gasteiger partial charge in [-0.1, -0.05) is 11.6 Å². The van der Waals surface area contributed by atoms with Gasteiger partial charge in [0.2, 0.25) is 0 Å². The van der Waals surface area contributed by atoms with E-state index in [1.165, 1.54) is 62.8 Å². The molecule has 0 saturated carbocycles. The zero-order chi connectivity index (χ0) is 27.4. The molecule has 1 aliphatic heterocycles. The Kier molecular flexibility index (Phi) is 7.54. The number of carbonyl (C=O) groups excluding carboxylic acids is 5. The van der Waals surface area contributed by atoms with Crippen molar-refractivity contribution >= 4 is 58.3 Å². The molecular weight excluding hydrogens is 514 g/mol. The average molecular weight is 534 g/mol. The van der Waals surface area contributed by atoms with Crippen molar-refractivity contribution in [1.29, 1.82) is 0 Å². The summed E-state index contributed by atoms with van der Waals surface area (Å²) >= 11 is 6.17. The summed E-state index contributed by atoms with van der Waals surface area (Å²) in [5.41, 5.74) is 1.94. The fourth-order valence-corrected chi connectivity index (χ4v) is 3.78. The maximum Gasteiger partial charge on any atom is 0.337 e. The van der Waals surface area contributed by atoms with Crippen molar-refractivity contribution in [3.63, 3.8) is 0 Å². The van der Waals surface area contributed by atoms with Crippen LogP contribution < -0.4 is 15.5 Å². The van der Waals surface area contributed by atoms with Crippen LogP contribution in [-0.4, -0.2) is 43.9 Å². The summed E-state index contributed by atoms with van der Waals surface area (Å²) < 4.78 is 9.29. The van der Waals surface area contributed by atoms with Crippen LogP contribution >= 0.6 is 11.6 Å². The molecular formula is C27H20ClN3O7. The van der Waals surface area contributed by atoms with Gasteiger partial charge in [-0.3, -0.25) is 14.4 Å². The SMILES string of the molecule is COC(=O)c1ccc(NC(=O)c2ccc(NC3=C(Cl)C(=O)N(c4ccc(C(=O)OC)cc4)C3=O)cc2)cc1. The van der Waals surface area contributed by atoms with Crippen LogP contribution in [0, 0.1) is 0 Å². The van der Waals surface area contributed by atoms with E-state index in [2.05, 4.69) is 20.1 Å². The predicted octanol–water partition coefficient (Wildman–Crippen LogP) is 3.95. The standard InChI is InChI=1S/C27H20ClN3O7/c1-37-26(35)16-5-11-19(12-6-16)30-23(32)15-3-9-18(10-4-15)29-22-21(28)24(33)31(25(22)34)20-13-7-17(8-14-20)27(36)38-2/h3-14,29H,1-2H3,(H,30,32). The highest BCUT2D eigenvalue weighted by Gasteiger charge is 2.39. The number of rotatable bonds is 7. The van der Waals surface area contributed by atoms with Gasteiger partial charge in [0.15, 0.2) is 0 Å². The van der Waals surface area contributed by atoms with Gasteiger partial charge in [0.05, 0.1) is 31.0 Å². The van der Waals surface area contributed by atoms with E-state index in [0.717, 1.165) is 4.90 Å². The van der Waals surface area contributed by atoms with Crippen LogP contribution in [0.2, 0.25) is 0 Å². The summed E-state index contributed by atoms with van der Waals surface area (Å²) in [7, 11) is 2.53. The van der Waals surface area contributed by atoms with Crippen LogP contribution in [-0.2, 0) is 19.1 Å². The molecule has 0 spiro atoms. The van der Waals surface area contributed by atoms with Crippen LogP contribution in [0.1, 0.15) is 31.1 Å². The van der Waals surface area contributed by atoms with Crippen LogP contribution in [0.4, 0.5) is 17.1 Å². The number of imide groups is 1. The molecule has 10 nitrogen and oxygen atoms in total. The molecule has 3 aromatic rings. The molecule has 0 radical (unpaired) electrons. The number of anilines is 3. The molecule has 0 atom stereocenters. The number of esters is 2. The first-order valence-electron chi connectivity index (χ1n) is 11.1. The van der Waals surface area contributed by atoms with Crippen LogP contribution in [0.5, 0.6) is 0 Å². The summed E-state index contributed by atoms with van der Waals surface area (Å²) in [5, 5.41) is 5.25. The van der Waals surface area contributed by atoms with Gasteiger partial charge in [-0.15, -0.1) is 0 Å². The van der Waals surface area contributed by atoms with E-state index in [4.69, 9.17) is 11.6 Å². The van der Waals surface area contributed by atoms with E-state index in [9.17, 15) is 24.0 Å². The Morgan fingerprint density at radius 2 is 1.16 bits per heavy atom. The third-order valence-electron chi connectivity index (χ3n) is 5.55. The fourth-order valence-electron chi connectivity index (χ4n) is 3.57. The molecule has 4 rings (SSSR count). The second-order valence-electron chi connectivity index (χ2n) is 7.90. The van der Waals surface area contributed by atoms with Gasteiger partial charge in [-0.25, -0.2) is 14.5 Å². The van der Waals surface area contributed by atoms with Crippen molar-refractivity contribution in [3.05, 3.63) is 100 Å². The van der Waals surface area contributed by atoms with Crippen molar-refractivity contribution in [2.75, 3.05) is 29.8 Å². The van der Waals surface area contributed by atoms with Crippen LogP contribution in [0.15, 0.2) is 83.5 Å². The zero-order valence-corrected chi connectivity index (χ0v) is 20.9. The first kappa shape index (κ1) is 26.1. The van der Waals surface area contributed by atoms with Crippen LogP contribution in [0.25, 0.3) is 0 Å². The molecule has 3 aromatic carbocycles. The predicted molar refractivity (Wildman–Crippen MR) is 139 cm³/mol. The topological polar surface area (TPSA) is 131 Å². The second-order valence-corrected chi connectivity index (χ2v) is 8.28. The van der Waals surface area contributed by atoms with Gasteiger partial charge in [-0.2, -0.15) is 0 Å². The lowest BCUT2D eigenvalue weighted by Crippen LogP contribution is -2.32. The maximum absolute atomic E-state index is 13.0. The first-order valence-corrected chi connectivity index (χ1v) is 11.4. The number of benzene rings is 3. The minimum atomic E-state index is -0.723. The highest BCUT2D eigenvalue weighted by Crippen LogP contribution is 2.30. The van der Waals surface area contributed by atoms with E-state index in [-0.39, 0.29) is 22.0 Å². The molecule has 192 valence electrons. The molecule has 0 bridgehead atoms. The van der Waals surface area contributed by atoms with Gasteiger partial charge < -0.3 is 20.1 Å². The number of methoxy groups -OCH3 is 2. The minimum absolute atomic E-state index is 0.128. The number of halogens is 1. The van der Waals surface area contributed by atoms with Gasteiger partial charge in [0, 0.05) is 16.9 Å². The number of amides is 3. The monoisotopic (exact) mass is 533 g/mol. The summed E-state index contributed by atoms with van der Waals surface area (Å²) in [5.74, 6) is -2.83. The summed E-state index contributed by atoms with van der Waals surface area (Å²) in [6.07, 6.45) is 0. The van der Waals surface area contributed by atoms with Gasteiger partial charge in [-0.05, 0) is 72.8 Å². The molecule has 0 unspecified atom stereocenters. The normalized spacial score (nSPS) is 12.9. The summed E-state index contributed by atoms with van der Waals surface area (Å²) in [4.78, 5) is 62.3. The number of hydrogen-bond donors (Lipinski definition) is 2. The molecule has 0 saturated heterocycles. The lowest BCUT2D eigenvalue weighted by molar-refractivity contribution is -0.120. The molecule has 3 amide bonds. The minimum Gasteiger partial charge on any atom is -0.465 e. The Bertz CT molecular complexity index is 1460. The van der Waals surface area contributed by atoms with Gasteiger partial charge >= 0.3 is 11.9 Å². The zero-order valence-electron chi connectivity index (χ0n) is 20.1. The molecule has 0 fully saturated rings. The van der Waals surface area contributed by atoms with Crippen molar-refractivity contribution in [3.8, 4) is 0 Å². The Labute approximate surface area is 221 Å². The molecule has 2 N–H and O–H groups in total. The van der Waals surface area contributed by atoms with Crippen molar-refractivity contribution in [2.24, 2.45) is 0 Å². The Balaban J connectivity index is 1.43. The van der Waals surface area contributed by atoms with E-state index < -0.39 is 29.7 Å². The Morgan fingerprint density at radius 1 is 0.684 bits per heavy atom. The van der Waals surface area contributed by atoms with Gasteiger partial charge in [0.25, 0.3) is 17.7 Å². The lowest BCUT2D eigenvalue weighted by Gasteiger charge is -2.15. The number of ether oxygens (including phenoxy) is 2. The van der Waals surface area contributed by atoms with E-state index >= 15 is 0 Å². The van der Waals surface area contributed by atoms with E-state index in [0.29, 0.717) is 22.5 Å². The van der Waals surface area contributed by atoms with Crippen molar-refractivity contribution in [2.45, 2.75) is 0 Å². The molecule has 0 aliphatic carbocycles. The fraction of sp³-hybridized carbons (Fsp3) is 0.0741. The maximum atomic E-state index is 13.0. The van der Waals surface area contributed by atoms with Crippen molar-refractivity contribution < 1.29 is 33.4 Å². The smallest absolute Gasteiger partial charge is 0.337 e. The Morgan fingerprint density at radius 3 is 1.68 bits per heavy atom. The highest BCUT2D eigenvalue weighted by molar-refractivity contribution is 6.53. The van der Waals surface area contributed by atoms with E-state index in [1.54, 1.807) is 24.3 Å².